The van der Waals surface area contributed by atoms with Crippen LogP contribution < -0.4 is 0 Å². The quantitative estimate of drug-likeness (QED) is 0.887. The van der Waals surface area contributed by atoms with Gasteiger partial charge in [0.25, 0.3) is 0 Å². The van der Waals surface area contributed by atoms with E-state index in [0.717, 1.165) is 6.54 Å². The van der Waals surface area contributed by atoms with Crippen molar-refractivity contribution in [3.63, 3.8) is 0 Å². The summed E-state index contributed by atoms with van der Waals surface area (Å²) >= 11 is 0. The third-order valence-corrected chi connectivity index (χ3v) is 3.74. The normalized spacial score (nSPS) is 20.9. The molecule has 0 bridgehead atoms. The van der Waals surface area contributed by atoms with Crippen LogP contribution in [0.1, 0.15) is 11.7 Å². The number of nitrogens with zero attached hydrogens (tertiary/aromatic N) is 4. The number of hydrogen-bond acceptors (Lipinski definition) is 5. The Morgan fingerprint density at radius 2 is 2.36 bits per heavy atom. The van der Waals surface area contributed by atoms with Crippen molar-refractivity contribution in [1.29, 1.82) is 0 Å². The zero-order valence-electron chi connectivity index (χ0n) is 12.2. The summed E-state index contributed by atoms with van der Waals surface area (Å²) in [5, 5.41) is 14.3. The first-order chi connectivity index (χ1) is 10.7. The number of halogens is 1. The molecule has 0 radical (unpaired) electrons. The number of benzene rings is 1. The topological polar surface area (TPSA) is 63.4 Å². The third-order valence-electron chi connectivity index (χ3n) is 3.74. The van der Waals surface area contributed by atoms with Gasteiger partial charge in [0.2, 0.25) is 0 Å². The predicted octanol–water partition coefficient (Wildman–Crippen LogP) is 0.852. The van der Waals surface area contributed by atoms with E-state index in [0.29, 0.717) is 31.8 Å². The lowest BCUT2D eigenvalue weighted by Crippen LogP contribution is -2.45. The molecule has 2 aromatic rings. The maximum Gasteiger partial charge on any atom is 0.137 e. The van der Waals surface area contributed by atoms with Crippen molar-refractivity contribution in [1.82, 2.24) is 19.7 Å². The summed E-state index contributed by atoms with van der Waals surface area (Å²) < 4.78 is 20.7. The molecule has 1 aromatic carbocycles. The zero-order chi connectivity index (χ0) is 15.4. The van der Waals surface area contributed by atoms with E-state index in [1.165, 1.54) is 18.5 Å². The van der Waals surface area contributed by atoms with Crippen molar-refractivity contribution < 1.29 is 14.2 Å². The number of morpholine rings is 1. The van der Waals surface area contributed by atoms with Crippen molar-refractivity contribution in [3.05, 3.63) is 48.3 Å². The van der Waals surface area contributed by atoms with Gasteiger partial charge in [-0.3, -0.25) is 9.58 Å². The molecular weight excluding hydrogens is 287 g/mol. The van der Waals surface area contributed by atoms with Crippen LogP contribution in [0.25, 0.3) is 0 Å². The number of β-amino-alcohol motifs (C(OH)–C–C–N with tert-alkyl or cyclic N) is 1. The summed E-state index contributed by atoms with van der Waals surface area (Å²) in [6, 6.07) is 6.10. The van der Waals surface area contributed by atoms with Crippen LogP contribution in [-0.4, -0.2) is 57.1 Å². The molecule has 0 spiro atoms. The Morgan fingerprint density at radius 3 is 3.14 bits per heavy atom. The Hall–Kier alpha value is -1.83. The van der Waals surface area contributed by atoms with Crippen molar-refractivity contribution in [3.8, 4) is 0 Å². The van der Waals surface area contributed by atoms with Gasteiger partial charge >= 0.3 is 0 Å². The number of aliphatic hydroxyl groups is 1. The van der Waals surface area contributed by atoms with Gasteiger partial charge in [-0.1, -0.05) is 12.1 Å². The molecule has 22 heavy (non-hydrogen) atoms. The van der Waals surface area contributed by atoms with E-state index in [4.69, 9.17) is 4.74 Å². The Bertz CT molecular complexity index is 593. The summed E-state index contributed by atoms with van der Waals surface area (Å²) in [7, 11) is 0. The maximum absolute atomic E-state index is 13.2. The molecule has 118 valence electrons. The molecular formula is C15H19FN4O2. The standard InChI is InChI=1S/C15H19FN4O2/c16-13-3-1-2-12(6-13)15(21)9-19-4-5-22-14(7-19)8-20-11-17-10-18-20/h1-3,6,10-11,14-15,21H,4-5,7-9H2. The zero-order valence-corrected chi connectivity index (χ0v) is 12.2. The Morgan fingerprint density at radius 1 is 1.45 bits per heavy atom. The smallest absolute Gasteiger partial charge is 0.137 e. The largest absolute Gasteiger partial charge is 0.387 e. The molecule has 1 aliphatic rings. The van der Waals surface area contributed by atoms with Crippen LogP contribution in [0.4, 0.5) is 4.39 Å². The summed E-state index contributed by atoms with van der Waals surface area (Å²) in [4.78, 5) is 6.04. The van der Waals surface area contributed by atoms with E-state index < -0.39 is 6.10 Å². The van der Waals surface area contributed by atoms with Crippen molar-refractivity contribution in [2.75, 3.05) is 26.2 Å². The minimum absolute atomic E-state index is 0.00941. The fourth-order valence-corrected chi connectivity index (χ4v) is 2.66. The first-order valence-electron chi connectivity index (χ1n) is 7.30. The van der Waals surface area contributed by atoms with Crippen molar-refractivity contribution in [2.45, 2.75) is 18.8 Å². The average Bonchev–Trinajstić information content (AvgIpc) is 3.00. The molecule has 1 fully saturated rings. The highest BCUT2D eigenvalue weighted by atomic mass is 19.1. The van der Waals surface area contributed by atoms with E-state index in [-0.39, 0.29) is 11.9 Å². The molecule has 7 heteroatoms. The van der Waals surface area contributed by atoms with E-state index in [2.05, 4.69) is 15.0 Å². The molecule has 0 saturated carbocycles. The van der Waals surface area contributed by atoms with Gasteiger partial charge in [0.15, 0.2) is 0 Å². The highest BCUT2D eigenvalue weighted by molar-refractivity contribution is 5.19. The summed E-state index contributed by atoms with van der Waals surface area (Å²) in [5.41, 5.74) is 0.597. The minimum Gasteiger partial charge on any atom is -0.387 e. The number of ether oxygens (including phenoxy) is 1. The molecule has 0 aliphatic carbocycles. The van der Waals surface area contributed by atoms with Crippen LogP contribution >= 0.6 is 0 Å². The number of aromatic nitrogens is 3. The van der Waals surface area contributed by atoms with E-state index in [1.54, 1.807) is 23.1 Å². The highest BCUT2D eigenvalue weighted by Crippen LogP contribution is 2.17. The molecule has 3 rings (SSSR count). The molecule has 2 unspecified atom stereocenters. The van der Waals surface area contributed by atoms with Gasteiger partial charge in [-0.15, -0.1) is 0 Å². The lowest BCUT2D eigenvalue weighted by molar-refractivity contribution is -0.0487. The van der Waals surface area contributed by atoms with Gasteiger partial charge in [-0.2, -0.15) is 5.10 Å². The summed E-state index contributed by atoms with van der Waals surface area (Å²) in [6.45, 7) is 3.15. The lowest BCUT2D eigenvalue weighted by atomic mass is 10.1. The molecule has 1 aromatic heterocycles. The van der Waals surface area contributed by atoms with Crippen LogP contribution in [0.5, 0.6) is 0 Å². The number of rotatable bonds is 5. The van der Waals surface area contributed by atoms with Crippen LogP contribution in [0.15, 0.2) is 36.9 Å². The van der Waals surface area contributed by atoms with Crippen LogP contribution in [0, 0.1) is 5.82 Å². The van der Waals surface area contributed by atoms with E-state index >= 15 is 0 Å². The van der Waals surface area contributed by atoms with E-state index in [9.17, 15) is 9.50 Å². The van der Waals surface area contributed by atoms with Gasteiger partial charge in [-0.25, -0.2) is 9.37 Å². The summed E-state index contributed by atoms with van der Waals surface area (Å²) in [6.07, 6.45) is 2.45. The Balaban J connectivity index is 1.55. The van der Waals surface area contributed by atoms with Crippen molar-refractivity contribution in [2.24, 2.45) is 0 Å². The van der Waals surface area contributed by atoms with Crippen molar-refractivity contribution >= 4 is 0 Å². The molecule has 2 heterocycles. The molecule has 1 N–H and O–H groups in total. The second kappa shape index (κ2) is 6.95. The van der Waals surface area contributed by atoms with Gasteiger partial charge < -0.3 is 9.84 Å². The van der Waals surface area contributed by atoms with Gasteiger partial charge in [0.1, 0.15) is 18.5 Å². The lowest BCUT2D eigenvalue weighted by Gasteiger charge is -2.34. The average molecular weight is 306 g/mol. The minimum atomic E-state index is -0.708. The number of aliphatic hydroxyl groups excluding tert-OH is 1. The van der Waals surface area contributed by atoms with Crippen LogP contribution in [-0.2, 0) is 11.3 Å². The van der Waals surface area contributed by atoms with E-state index in [1.807, 2.05) is 0 Å². The van der Waals surface area contributed by atoms with Gasteiger partial charge in [0, 0.05) is 19.6 Å². The second-order valence-electron chi connectivity index (χ2n) is 5.44. The Kier molecular flexibility index (Phi) is 4.77. The van der Waals surface area contributed by atoms with Gasteiger partial charge in [0.05, 0.1) is 25.4 Å². The summed E-state index contributed by atoms with van der Waals surface area (Å²) in [5.74, 6) is -0.331. The fraction of sp³-hybridized carbons (Fsp3) is 0.467. The molecule has 0 amide bonds. The van der Waals surface area contributed by atoms with Gasteiger partial charge in [-0.05, 0) is 17.7 Å². The first-order valence-corrected chi connectivity index (χ1v) is 7.30. The second-order valence-corrected chi connectivity index (χ2v) is 5.44. The SMILES string of the molecule is OC(CN1CCOC(Cn2cncn2)C1)c1cccc(F)c1. The number of hydrogen-bond donors (Lipinski definition) is 1. The molecule has 6 nitrogen and oxygen atoms in total. The monoisotopic (exact) mass is 306 g/mol. The van der Waals surface area contributed by atoms with Crippen LogP contribution in [0.3, 0.4) is 0 Å². The predicted molar refractivity (Wildman–Crippen MR) is 77.6 cm³/mol. The first kappa shape index (κ1) is 15.1. The Labute approximate surface area is 128 Å². The maximum atomic E-state index is 13.2. The third kappa shape index (κ3) is 3.88. The molecule has 1 aliphatic heterocycles. The molecule has 2 atom stereocenters. The fourth-order valence-electron chi connectivity index (χ4n) is 2.66. The molecule has 1 saturated heterocycles. The van der Waals surface area contributed by atoms with Crippen LogP contribution in [0.2, 0.25) is 0 Å². The highest BCUT2D eigenvalue weighted by Gasteiger charge is 2.23.